The third kappa shape index (κ3) is 8.65. The third-order valence-electron chi connectivity index (χ3n) is 5.44. The molecule has 0 spiro atoms. The number of carbonyl (C=O) groups is 2. The summed E-state index contributed by atoms with van der Waals surface area (Å²) in [4.78, 5) is 25.3. The Bertz CT molecular complexity index is 954. The normalized spacial score (nSPS) is 14.1. The number of benzene rings is 2. The molecule has 0 saturated heterocycles. The summed E-state index contributed by atoms with van der Waals surface area (Å²) in [6.07, 6.45) is 0.451. The quantitative estimate of drug-likeness (QED) is 0.413. The fourth-order valence-electron chi connectivity index (χ4n) is 3.82. The Hall–Kier alpha value is -2.57. The highest BCUT2D eigenvalue weighted by Gasteiger charge is 2.37. The number of esters is 1. The van der Waals surface area contributed by atoms with Crippen LogP contribution < -0.4 is 5.32 Å². The number of carbonyl (C=O) groups excluding carboxylic acids is 2. The Labute approximate surface area is 207 Å². The van der Waals surface area contributed by atoms with E-state index in [4.69, 9.17) is 21.1 Å². The predicted octanol–water partition coefficient (Wildman–Crippen LogP) is 5.78. The van der Waals surface area contributed by atoms with Crippen molar-refractivity contribution in [2.45, 2.75) is 65.5 Å². The van der Waals surface area contributed by atoms with Crippen molar-refractivity contribution in [2.75, 3.05) is 13.2 Å². The van der Waals surface area contributed by atoms with Gasteiger partial charge in [0.1, 0.15) is 5.60 Å². The van der Waals surface area contributed by atoms with E-state index in [1.807, 2.05) is 48.5 Å². The van der Waals surface area contributed by atoms with E-state index < -0.39 is 29.1 Å². The molecule has 2 aromatic rings. The van der Waals surface area contributed by atoms with E-state index in [-0.39, 0.29) is 19.6 Å². The van der Waals surface area contributed by atoms with Gasteiger partial charge in [-0.25, -0.2) is 4.79 Å². The van der Waals surface area contributed by atoms with E-state index in [0.29, 0.717) is 17.9 Å². The molecule has 0 saturated carbocycles. The van der Waals surface area contributed by atoms with Gasteiger partial charge in [-0.2, -0.15) is 0 Å². The molecule has 186 valence electrons. The van der Waals surface area contributed by atoms with Crippen LogP contribution in [0.1, 0.15) is 53.0 Å². The molecule has 0 aliphatic carbocycles. The highest BCUT2D eigenvalue weighted by molar-refractivity contribution is 6.30. The minimum Gasteiger partial charge on any atom is -0.466 e. The third-order valence-corrected chi connectivity index (χ3v) is 5.68. The molecule has 2 atom stereocenters. The second-order valence-corrected chi connectivity index (χ2v) is 10.1. The SMILES string of the molecule is CCOC(=O)[C@](C)(CCO)C[C@@H](Cc1ccc(-c2cccc(Cl)c2)cc1)NC(=O)OC(C)(C)C. The summed E-state index contributed by atoms with van der Waals surface area (Å²) in [7, 11) is 0. The van der Waals surface area contributed by atoms with E-state index in [2.05, 4.69) is 5.32 Å². The number of hydrogen-bond donors (Lipinski definition) is 2. The minimum atomic E-state index is -0.953. The van der Waals surface area contributed by atoms with E-state index in [0.717, 1.165) is 16.7 Å². The van der Waals surface area contributed by atoms with Crippen LogP contribution in [0.25, 0.3) is 11.1 Å². The highest BCUT2D eigenvalue weighted by Crippen LogP contribution is 2.31. The molecule has 0 fully saturated rings. The summed E-state index contributed by atoms with van der Waals surface area (Å²) in [5, 5.41) is 13.2. The average molecular weight is 490 g/mol. The van der Waals surface area contributed by atoms with Gasteiger partial charge < -0.3 is 19.9 Å². The molecule has 34 heavy (non-hydrogen) atoms. The number of rotatable bonds is 10. The lowest BCUT2D eigenvalue weighted by Gasteiger charge is -2.32. The van der Waals surface area contributed by atoms with E-state index in [1.54, 1.807) is 34.6 Å². The Morgan fingerprint density at radius 2 is 1.74 bits per heavy atom. The molecule has 7 heteroatoms. The van der Waals surface area contributed by atoms with Gasteiger partial charge in [-0.3, -0.25) is 4.79 Å². The van der Waals surface area contributed by atoms with Crippen molar-refractivity contribution in [1.29, 1.82) is 0 Å². The van der Waals surface area contributed by atoms with Crippen LogP contribution in [-0.2, 0) is 20.7 Å². The molecule has 2 N–H and O–H groups in total. The zero-order chi connectivity index (χ0) is 25.4. The second kappa shape index (κ2) is 12.2. The first-order chi connectivity index (χ1) is 16.0. The van der Waals surface area contributed by atoms with Crippen molar-refractivity contribution < 1.29 is 24.2 Å². The molecule has 1 amide bonds. The predicted molar refractivity (Wildman–Crippen MR) is 135 cm³/mol. The van der Waals surface area contributed by atoms with Crippen LogP contribution in [0.15, 0.2) is 48.5 Å². The molecule has 0 aliphatic heterocycles. The summed E-state index contributed by atoms with van der Waals surface area (Å²) in [5.41, 5.74) is 1.43. The molecule has 0 heterocycles. The fraction of sp³-hybridized carbons (Fsp3) is 0.481. The maximum absolute atomic E-state index is 12.7. The van der Waals surface area contributed by atoms with Crippen LogP contribution in [0.3, 0.4) is 0 Å². The molecule has 0 bridgehead atoms. The molecule has 2 rings (SSSR count). The number of alkyl carbamates (subject to hydrolysis) is 1. The summed E-state index contributed by atoms with van der Waals surface area (Å²) >= 11 is 6.12. The van der Waals surface area contributed by atoms with Crippen LogP contribution in [0, 0.1) is 5.41 Å². The van der Waals surface area contributed by atoms with E-state index >= 15 is 0 Å². The topological polar surface area (TPSA) is 84.9 Å². The fourth-order valence-corrected chi connectivity index (χ4v) is 4.01. The Balaban J connectivity index is 2.26. The summed E-state index contributed by atoms with van der Waals surface area (Å²) < 4.78 is 10.7. The van der Waals surface area contributed by atoms with Crippen molar-refractivity contribution in [1.82, 2.24) is 5.32 Å². The van der Waals surface area contributed by atoms with Gasteiger partial charge >= 0.3 is 12.1 Å². The molecule has 6 nitrogen and oxygen atoms in total. The molecular formula is C27H36ClNO5. The smallest absolute Gasteiger partial charge is 0.407 e. The monoisotopic (exact) mass is 489 g/mol. The van der Waals surface area contributed by atoms with Crippen molar-refractivity contribution in [2.24, 2.45) is 5.41 Å². The number of halogens is 1. The summed E-state index contributed by atoms with van der Waals surface area (Å²) in [5.74, 6) is -0.392. The van der Waals surface area contributed by atoms with Gasteiger partial charge in [-0.15, -0.1) is 0 Å². The lowest BCUT2D eigenvalue weighted by Crippen LogP contribution is -2.45. The summed E-state index contributed by atoms with van der Waals surface area (Å²) in [6.45, 7) is 8.97. The van der Waals surface area contributed by atoms with Gasteiger partial charge in [0.2, 0.25) is 0 Å². The number of hydrogen-bond acceptors (Lipinski definition) is 5. The van der Waals surface area contributed by atoms with Crippen LogP contribution in [0.4, 0.5) is 4.79 Å². The Kier molecular flexibility index (Phi) is 9.95. The van der Waals surface area contributed by atoms with Crippen molar-refractivity contribution in [3.8, 4) is 11.1 Å². The maximum atomic E-state index is 12.7. The van der Waals surface area contributed by atoms with Gasteiger partial charge in [-0.05, 0) is 82.7 Å². The standard InChI is InChI=1S/C27H36ClNO5/c1-6-33-24(31)27(5,14-15-30)18-23(29-25(32)34-26(2,3)4)16-19-10-12-20(13-11-19)21-8-7-9-22(28)17-21/h7-13,17,23,30H,6,14-16,18H2,1-5H3,(H,29,32)/t23-,27-/m1/s1. The minimum absolute atomic E-state index is 0.164. The largest absolute Gasteiger partial charge is 0.466 e. The van der Waals surface area contributed by atoms with Gasteiger partial charge in [0.25, 0.3) is 0 Å². The number of aliphatic hydroxyl groups is 1. The first kappa shape index (κ1) is 27.7. The van der Waals surface area contributed by atoms with Crippen molar-refractivity contribution in [3.63, 3.8) is 0 Å². The highest BCUT2D eigenvalue weighted by atomic mass is 35.5. The Morgan fingerprint density at radius 3 is 2.29 bits per heavy atom. The molecule has 2 aromatic carbocycles. The van der Waals surface area contributed by atoms with Crippen LogP contribution >= 0.6 is 11.6 Å². The van der Waals surface area contributed by atoms with Gasteiger partial charge in [0.15, 0.2) is 0 Å². The van der Waals surface area contributed by atoms with Crippen LogP contribution in [-0.4, -0.2) is 42.0 Å². The zero-order valence-corrected chi connectivity index (χ0v) is 21.4. The number of ether oxygens (including phenoxy) is 2. The molecule has 0 aromatic heterocycles. The van der Waals surface area contributed by atoms with E-state index in [9.17, 15) is 14.7 Å². The van der Waals surface area contributed by atoms with Gasteiger partial charge in [0.05, 0.1) is 12.0 Å². The lowest BCUT2D eigenvalue weighted by atomic mass is 9.79. The van der Waals surface area contributed by atoms with Crippen LogP contribution in [0.5, 0.6) is 0 Å². The van der Waals surface area contributed by atoms with Crippen molar-refractivity contribution >= 4 is 23.7 Å². The zero-order valence-electron chi connectivity index (χ0n) is 20.7. The maximum Gasteiger partial charge on any atom is 0.407 e. The average Bonchev–Trinajstić information content (AvgIpc) is 2.73. The summed E-state index contributed by atoms with van der Waals surface area (Å²) in [6, 6.07) is 15.2. The van der Waals surface area contributed by atoms with Gasteiger partial charge in [0, 0.05) is 17.7 Å². The Morgan fingerprint density at radius 1 is 1.06 bits per heavy atom. The van der Waals surface area contributed by atoms with Crippen LogP contribution in [0.2, 0.25) is 5.02 Å². The first-order valence-corrected chi connectivity index (χ1v) is 12.0. The van der Waals surface area contributed by atoms with E-state index in [1.165, 1.54) is 0 Å². The second-order valence-electron chi connectivity index (χ2n) is 9.71. The number of aliphatic hydroxyl groups excluding tert-OH is 1. The number of nitrogens with one attached hydrogen (secondary N) is 1. The van der Waals surface area contributed by atoms with Gasteiger partial charge in [-0.1, -0.05) is 48.0 Å². The molecular weight excluding hydrogens is 454 g/mol. The first-order valence-electron chi connectivity index (χ1n) is 11.6. The van der Waals surface area contributed by atoms with Crippen molar-refractivity contribution in [3.05, 3.63) is 59.1 Å². The number of amides is 1. The molecule has 0 aliphatic rings. The molecule has 0 radical (unpaired) electrons. The lowest BCUT2D eigenvalue weighted by molar-refractivity contribution is -0.156. The molecule has 0 unspecified atom stereocenters.